The van der Waals surface area contributed by atoms with Crippen LogP contribution < -0.4 is 5.32 Å². The molecule has 96 valence electrons. The van der Waals surface area contributed by atoms with Crippen molar-refractivity contribution in [3.05, 3.63) is 0 Å². The fourth-order valence-corrected chi connectivity index (χ4v) is 1.23. The molecule has 0 aliphatic heterocycles. The zero-order valence-electron chi connectivity index (χ0n) is 9.83. The molecule has 0 bridgehead atoms. The number of alkyl halides is 1. The summed E-state index contributed by atoms with van der Waals surface area (Å²) in [7, 11) is 3.18. The van der Waals surface area contributed by atoms with E-state index in [1.54, 1.807) is 14.2 Å². The van der Waals surface area contributed by atoms with Gasteiger partial charge in [-0.2, -0.15) is 0 Å². The van der Waals surface area contributed by atoms with E-state index in [0.717, 1.165) is 0 Å². The van der Waals surface area contributed by atoms with Gasteiger partial charge in [-0.1, -0.05) is 0 Å². The quantitative estimate of drug-likeness (QED) is 0.453. The van der Waals surface area contributed by atoms with E-state index >= 15 is 0 Å². The number of rotatable bonds is 10. The molecule has 0 saturated carbocycles. The number of carbonyl (C=O) groups excluding carboxylic acids is 1. The monoisotopic (exact) mass is 253 g/mol. The van der Waals surface area contributed by atoms with Crippen molar-refractivity contribution in [1.29, 1.82) is 0 Å². The Morgan fingerprint density at radius 3 is 2.69 bits per heavy atom. The zero-order chi connectivity index (χ0) is 12.2. The van der Waals surface area contributed by atoms with E-state index in [4.69, 9.17) is 25.8 Å². The number of amides is 1. The summed E-state index contributed by atoms with van der Waals surface area (Å²) in [4.78, 5) is 11.2. The lowest BCUT2D eigenvalue weighted by molar-refractivity contribution is -0.126. The first-order valence-electron chi connectivity index (χ1n) is 5.17. The number of methoxy groups -OCH3 is 2. The lowest BCUT2D eigenvalue weighted by Gasteiger charge is -2.09. The van der Waals surface area contributed by atoms with Gasteiger partial charge >= 0.3 is 0 Å². The van der Waals surface area contributed by atoms with Crippen LogP contribution in [0.5, 0.6) is 0 Å². The highest BCUT2D eigenvalue weighted by molar-refractivity contribution is 6.20. The van der Waals surface area contributed by atoms with Gasteiger partial charge in [0.2, 0.25) is 5.91 Å². The maximum absolute atomic E-state index is 11.2. The molecule has 1 unspecified atom stereocenters. The first-order chi connectivity index (χ1) is 7.70. The van der Waals surface area contributed by atoms with Crippen molar-refractivity contribution in [3.8, 4) is 0 Å². The Morgan fingerprint density at radius 2 is 2.06 bits per heavy atom. The average Bonchev–Trinajstić information content (AvgIpc) is 2.25. The molecular formula is C10H20ClNO4. The number of hydrogen-bond donors (Lipinski definition) is 1. The van der Waals surface area contributed by atoms with Crippen LogP contribution in [0.2, 0.25) is 0 Å². The van der Waals surface area contributed by atoms with Gasteiger partial charge in [0.1, 0.15) is 6.61 Å². The lowest BCUT2D eigenvalue weighted by atomic mass is 10.3. The predicted molar refractivity (Wildman–Crippen MR) is 61.8 cm³/mol. The number of nitrogens with one attached hydrogen (secondary N) is 1. The minimum Gasteiger partial charge on any atom is -0.383 e. The van der Waals surface area contributed by atoms with Gasteiger partial charge in [-0.25, -0.2) is 0 Å². The molecule has 0 aromatic rings. The third kappa shape index (κ3) is 10.2. The van der Waals surface area contributed by atoms with Crippen molar-refractivity contribution in [1.82, 2.24) is 5.32 Å². The highest BCUT2D eigenvalue weighted by atomic mass is 35.5. The number of hydrogen-bond acceptors (Lipinski definition) is 4. The summed E-state index contributed by atoms with van der Waals surface area (Å²) in [6.07, 6.45) is 0.680. The highest BCUT2D eigenvalue weighted by Gasteiger charge is 2.05. The van der Waals surface area contributed by atoms with Crippen molar-refractivity contribution in [2.75, 3.05) is 47.2 Å². The molecule has 0 spiro atoms. The van der Waals surface area contributed by atoms with Crippen molar-refractivity contribution in [3.63, 3.8) is 0 Å². The molecule has 0 aliphatic carbocycles. The van der Waals surface area contributed by atoms with Gasteiger partial charge in [-0.15, -0.1) is 11.6 Å². The Kier molecular flexibility index (Phi) is 10.9. The fraction of sp³-hybridized carbons (Fsp3) is 0.900. The van der Waals surface area contributed by atoms with E-state index < -0.39 is 0 Å². The van der Waals surface area contributed by atoms with E-state index in [1.165, 1.54) is 0 Å². The summed E-state index contributed by atoms with van der Waals surface area (Å²) in [5, 5.41) is 2.63. The van der Waals surface area contributed by atoms with Crippen LogP contribution in [0.25, 0.3) is 0 Å². The second-order valence-electron chi connectivity index (χ2n) is 3.24. The predicted octanol–water partition coefficient (Wildman–Crippen LogP) is 0.409. The second-order valence-corrected chi connectivity index (χ2v) is 3.85. The maximum atomic E-state index is 11.2. The van der Waals surface area contributed by atoms with Crippen LogP contribution in [-0.4, -0.2) is 58.5 Å². The fourth-order valence-electron chi connectivity index (χ4n) is 0.991. The van der Waals surface area contributed by atoms with E-state index in [2.05, 4.69) is 5.32 Å². The standard InChI is InChI=1S/C10H20ClNO4/c1-14-5-6-16-8-10(13)12-4-3-9(11)7-15-2/h9H,3-8H2,1-2H3,(H,12,13). The summed E-state index contributed by atoms with van der Waals surface area (Å²) < 4.78 is 14.7. The number of carbonyl (C=O) groups is 1. The molecule has 0 fully saturated rings. The Labute approximate surface area is 101 Å². The smallest absolute Gasteiger partial charge is 0.246 e. The van der Waals surface area contributed by atoms with Crippen molar-refractivity contribution in [2.45, 2.75) is 11.8 Å². The summed E-state index contributed by atoms with van der Waals surface area (Å²) in [5.41, 5.74) is 0. The van der Waals surface area contributed by atoms with E-state index in [-0.39, 0.29) is 17.9 Å². The molecule has 1 N–H and O–H groups in total. The van der Waals surface area contributed by atoms with Crippen molar-refractivity contribution >= 4 is 17.5 Å². The zero-order valence-corrected chi connectivity index (χ0v) is 10.6. The van der Waals surface area contributed by atoms with Crippen LogP contribution >= 0.6 is 11.6 Å². The highest BCUT2D eigenvalue weighted by Crippen LogP contribution is 2.00. The molecule has 6 heteroatoms. The van der Waals surface area contributed by atoms with Gasteiger partial charge < -0.3 is 19.5 Å². The Hall–Kier alpha value is -0.360. The molecule has 16 heavy (non-hydrogen) atoms. The summed E-state index contributed by atoms with van der Waals surface area (Å²) in [5.74, 6) is -0.141. The third-order valence-corrected chi connectivity index (χ3v) is 2.14. The van der Waals surface area contributed by atoms with Crippen molar-refractivity contribution in [2.24, 2.45) is 0 Å². The molecule has 0 aromatic heterocycles. The molecular weight excluding hydrogens is 234 g/mol. The van der Waals surface area contributed by atoms with Gasteiger partial charge in [0, 0.05) is 20.8 Å². The molecule has 0 rings (SSSR count). The van der Waals surface area contributed by atoms with Crippen LogP contribution in [0.4, 0.5) is 0 Å². The lowest BCUT2D eigenvalue weighted by Crippen LogP contribution is -2.30. The number of ether oxygens (including phenoxy) is 3. The van der Waals surface area contributed by atoms with E-state index in [0.29, 0.717) is 32.8 Å². The van der Waals surface area contributed by atoms with Crippen molar-refractivity contribution < 1.29 is 19.0 Å². The maximum Gasteiger partial charge on any atom is 0.246 e. The van der Waals surface area contributed by atoms with E-state index in [1.807, 2.05) is 0 Å². The Bertz CT molecular complexity index is 180. The minimum atomic E-state index is -0.141. The van der Waals surface area contributed by atoms with Crippen LogP contribution in [0.3, 0.4) is 0 Å². The normalized spacial score (nSPS) is 12.4. The molecule has 1 amide bonds. The number of halogens is 1. The summed E-state index contributed by atoms with van der Waals surface area (Å²) in [6, 6.07) is 0. The Balaban J connectivity index is 3.29. The van der Waals surface area contributed by atoms with E-state index in [9.17, 15) is 4.79 Å². The van der Waals surface area contributed by atoms with Gasteiger partial charge in [0.15, 0.2) is 0 Å². The molecule has 0 aliphatic rings. The molecule has 0 heterocycles. The van der Waals surface area contributed by atoms with Gasteiger partial charge in [0.25, 0.3) is 0 Å². The molecule has 0 aromatic carbocycles. The average molecular weight is 254 g/mol. The van der Waals surface area contributed by atoms with Crippen LogP contribution in [0.1, 0.15) is 6.42 Å². The molecule has 0 radical (unpaired) electrons. The molecule has 0 saturated heterocycles. The van der Waals surface area contributed by atoms with Crippen LogP contribution in [0.15, 0.2) is 0 Å². The summed E-state index contributed by atoms with van der Waals surface area (Å²) in [6.45, 7) is 1.99. The first-order valence-corrected chi connectivity index (χ1v) is 5.60. The van der Waals surface area contributed by atoms with Gasteiger partial charge in [-0.05, 0) is 6.42 Å². The minimum absolute atomic E-state index is 0.0561. The topological polar surface area (TPSA) is 56.8 Å². The van der Waals surface area contributed by atoms with Crippen LogP contribution in [0, 0.1) is 0 Å². The van der Waals surface area contributed by atoms with Crippen LogP contribution in [-0.2, 0) is 19.0 Å². The largest absolute Gasteiger partial charge is 0.383 e. The first kappa shape index (κ1) is 15.6. The second kappa shape index (κ2) is 11.1. The summed E-state index contributed by atoms with van der Waals surface area (Å²) >= 11 is 5.89. The molecule has 5 nitrogen and oxygen atoms in total. The SMILES string of the molecule is COCCOCC(=O)NCCC(Cl)COC. The molecule has 1 atom stereocenters. The third-order valence-electron chi connectivity index (χ3n) is 1.79. The van der Waals surface area contributed by atoms with Gasteiger partial charge in [0.05, 0.1) is 25.2 Å². The Morgan fingerprint density at radius 1 is 1.31 bits per heavy atom. The van der Waals surface area contributed by atoms with Gasteiger partial charge in [-0.3, -0.25) is 4.79 Å².